The number of aliphatic carboxylic acids is 2. The van der Waals surface area contributed by atoms with Gasteiger partial charge in [-0.2, -0.15) is 0 Å². The van der Waals surface area contributed by atoms with Crippen molar-refractivity contribution in [1.82, 2.24) is 10.6 Å². The van der Waals surface area contributed by atoms with Gasteiger partial charge < -0.3 is 25.9 Å². The van der Waals surface area contributed by atoms with Gasteiger partial charge in [-0.25, -0.2) is 4.79 Å². The lowest BCUT2D eigenvalue weighted by Gasteiger charge is -2.28. The molecule has 0 heterocycles. The molecule has 0 fully saturated rings. The van der Waals surface area contributed by atoms with Crippen molar-refractivity contribution in [3.05, 3.63) is 64.7 Å². The predicted octanol–water partition coefficient (Wildman–Crippen LogP) is 2.48. The maximum absolute atomic E-state index is 13.4. The molecule has 10 heteroatoms. The number of carbonyl (C=O) groups excluding carboxylic acids is 2. The summed E-state index contributed by atoms with van der Waals surface area (Å²) >= 11 is 5.93. The van der Waals surface area contributed by atoms with Crippen LogP contribution in [0.25, 0.3) is 0 Å². The fourth-order valence-electron chi connectivity index (χ4n) is 3.14. The van der Waals surface area contributed by atoms with Gasteiger partial charge in [0.05, 0.1) is 5.41 Å². The molecule has 182 valence electrons. The molecule has 0 saturated heterocycles. The average Bonchev–Trinajstić information content (AvgIpc) is 2.80. The lowest BCUT2D eigenvalue weighted by Crippen LogP contribution is -2.55. The second-order valence-corrected chi connectivity index (χ2v) is 8.72. The molecule has 2 rings (SSSR count). The summed E-state index contributed by atoms with van der Waals surface area (Å²) in [5, 5.41) is 31.0. The molecule has 0 saturated carbocycles. The summed E-state index contributed by atoms with van der Waals surface area (Å²) in [6.45, 7) is 3.17. The van der Waals surface area contributed by atoms with Crippen LogP contribution in [0.1, 0.15) is 37.8 Å². The summed E-state index contributed by atoms with van der Waals surface area (Å²) in [5.41, 5.74) is -0.164. The van der Waals surface area contributed by atoms with E-state index < -0.39 is 47.7 Å². The van der Waals surface area contributed by atoms with Crippen molar-refractivity contribution in [2.75, 3.05) is 0 Å². The SMILES string of the molecule is [2H]N(C(=O)C(C)(C)c1ccc(Cl)cc1)[C@@H](Cc1ccc(O)cc1)C(=O)N[C@@H](CCC(=O)O)C(=O)O. The largest absolute Gasteiger partial charge is 0.508 e. The summed E-state index contributed by atoms with van der Waals surface area (Å²) in [6, 6.07) is 9.29. The third kappa shape index (κ3) is 7.48. The summed E-state index contributed by atoms with van der Waals surface area (Å²) in [6.07, 6.45) is -1.01. The highest BCUT2D eigenvalue weighted by Gasteiger charge is 2.34. The molecule has 2 aromatic carbocycles. The molecule has 0 aliphatic heterocycles. The van der Waals surface area contributed by atoms with Crippen LogP contribution in [-0.2, 0) is 31.0 Å². The van der Waals surface area contributed by atoms with Crippen molar-refractivity contribution in [2.45, 2.75) is 50.6 Å². The van der Waals surface area contributed by atoms with Crippen LogP contribution in [0, 0.1) is 0 Å². The van der Waals surface area contributed by atoms with Crippen LogP contribution >= 0.6 is 11.6 Å². The van der Waals surface area contributed by atoms with Gasteiger partial charge >= 0.3 is 11.9 Å². The number of aromatic hydroxyl groups is 1. The Morgan fingerprint density at radius 1 is 1.00 bits per heavy atom. The third-order valence-electron chi connectivity index (χ3n) is 5.30. The van der Waals surface area contributed by atoms with Gasteiger partial charge in [0.1, 0.15) is 17.8 Å². The van der Waals surface area contributed by atoms with Crippen molar-refractivity contribution in [3.8, 4) is 5.75 Å². The second-order valence-electron chi connectivity index (χ2n) is 8.28. The number of carbonyl (C=O) groups is 4. The van der Waals surface area contributed by atoms with Gasteiger partial charge in [-0.1, -0.05) is 35.9 Å². The average molecular weight is 492 g/mol. The van der Waals surface area contributed by atoms with Crippen LogP contribution in [-0.4, -0.2) is 51.2 Å². The second kappa shape index (κ2) is 11.5. The normalized spacial score (nSPS) is 13.3. The molecule has 5 N–H and O–H groups in total. The van der Waals surface area contributed by atoms with E-state index in [9.17, 15) is 29.4 Å². The van der Waals surface area contributed by atoms with Crippen molar-refractivity contribution < 1.29 is 35.9 Å². The highest BCUT2D eigenvalue weighted by molar-refractivity contribution is 6.30. The third-order valence-corrected chi connectivity index (χ3v) is 5.56. The molecule has 0 aromatic heterocycles. The van der Waals surface area contributed by atoms with Crippen LogP contribution in [0.3, 0.4) is 0 Å². The highest BCUT2D eigenvalue weighted by atomic mass is 35.5. The molecule has 0 spiro atoms. The Balaban J connectivity index is 2.36. The van der Waals surface area contributed by atoms with Crippen LogP contribution in [0.15, 0.2) is 48.5 Å². The van der Waals surface area contributed by atoms with Gasteiger partial charge in [0, 0.05) is 17.9 Å². The number of benzene rings is 2. The minimum absolute atomic E-state index is 0.0166. The summed E-state index contributed by atoms with van der Waals surface area (Å²) in [7, 11) is 0. The Bertz CT molecular complexity index is 1070. The van der Waals surface area contributed by atoms with E-state index in [0.29, 0.717) is 21.5 Å². The van der Waals surface area contributed by atoms with Gasteiger partial charge in [-0.3, -0.25) is 14.4 Å². The summed E-state index contributed by atoms with van der Waals surface area (Å²) in [5.74, 6) is -4.33. The van der Waals surface area contributed by atoms with E-state index in [0.717, 1.165) is 0 Å². The predicted molar refractivity (Wildman–Crippen MR) is 125 cm³/mol. The fourth-order valence-corrected chi connectivity index (χ4v) is 3.26. The van der Waals surface area contributed by atoms with Crippen LogP contribution in [0.5, 0.6) is 5.75 Å². The Kier molecular flexibility index (Phi) is 8.48. The number of amides is 2. The van der Waals surface area contributed by atoms with Gasteiger partial charge in [0.2, 0.25) is 11.8 Å². The smallest absolute Gasteiger partial charge is 0.326 e. The molecule has 0 unspecified atom stereocenters. The first kappa shape index (κ1) is 25.0. The zero-order valence-corrected chi connectivity index (χ0v) is 19.5. The maximum atomic E-state index is 13.4. The van der Waals surface area contributed by atoms with Crippen molar-refractivity contribution >= 4 is 35.4 Å². The molecular formula is C24H27ClN2O7. The fraction of sp³-hybridized carbons (Fsp3) is 0.333. The number of rotatable bonds is 11. The quantitative estimate of drug-likeness (QED) is 0.323. The number of phenols is 1. The lowest BCUT2D eigenvalue weighted by molar-refractivity contribution is -0.143. The van der Waals surface area contributed by atoms with Gasteiger partial charge in [-0.15, -0.1) is 0 Å². The summed E-state index contributed by atoms with van der Waals surface area (Å²) in [4.78, 5) is 48.9. The number of nitrogens with one attached hydrogen (secondary N) is 2. The highest BCUT2D eigenvalue weighted by Crippen LogP contribution is 2.25. The Labute approximate surface area is 203 Å². The Morgan fingerprint density at radius 3 is 2.12 bits per heavy atom. The Hall–Kier alpha value is -3.59. The van der Waals surface area contributed by atoms with Crippen molar-refractivity contribution in [2.24, 2.45) is 0 Å². The molecule has 0 aliphatic rings. The number of halogens is 1. The first-order valence-electron chi connectivity index (χ1n) is 10.9. The minimum atomic E-state index is -1.52. The van der Waals surface area contributed by atoms with Crippen LogP contribution in [0.2, 0.25) is 6.43 Å². The molecule has 0 aliphatic carbocycles. The van der Waals surface area contributed by atoms with E-state index in [-0.39, 0.29) is 18.6 Å². The molecular weight excluding hydrogens is 464 g/mol. The van der Waals surface area contributed by atoms with Crippen LogP contribution < -0.4 is 10.6 Å². The standard InChI is InChI=1S/C24H27ClN2O7/c1-24(2,15-5-7-16(25)8-6-15)23(34)27-19(13-14-3-9-17(28)10-4-14)21(31)26-18(22(32)33)11-12-20(29)30/h3-10,18-19,28H,11-13H2,1-2H3,(H,26,31)(H,27,34)(H,29,30)(H,32,33)/t18-,19-/m0/s1/i/hD. The van der Waals surface area contributed by atoms with Crippen molar-refractivity contribution in [1.29, 1.82) is 0 Å². The molecule has 34 heavy (non-hydrogen) atoms. The summed E-state index contributed by atoms with van der Waals surface area (Å²) < 4.78 is 8.53. The molecule has 2 aromatic rings. The molecule has 0 radical (unpaired) electrons. The minimum Gasteiger partial charge on any atom is -0.508 e. The van der Waals surface area contributed by atoms with Gasteiger partial charge in [-0.05, 0) is 55.7 Å². The van der Waals surface area contributed by atoms with E-state index in [1.807, 2.05) is 0 Å². The zero-order valence-electron chi connectivity index (χ0n) is 19.7. The number of hydrogen-bond donors (Lipinski definition) is 5. The number of hydrogen-bond acceptors (Lipinski definition) is 5. The first-order chi connectivity index (χ1) is 16.3. The van der Waals surface area contributed by atoms with E-state index in [2.05, 4.69) is 5.32 Å². The number of phenolic OH excluding ortho intramolecular Hbond substituents is 1. The van der Waals surface area contributed by atoms with E-state index in [4.69, 9.17) is 18.1 Å². The number of carboxylic acid groups (broad SMARTS) is 2. The lowest BCUT2D eigenvalue weighted by atomic mass is 9.83. The zero-order chi connectivity index (χ0) is 26.3. The number of carboxylic acids is 2. The first-order valence-corrected chi connectivity index (χ1v) is 10.8. The molecule has 2 amide bonds. The van der Waals surface area contributed by atoms with Gasteiger partial charge in [0.25, 0.3) is 0 Å². The molecule has 0 bridgehead atoms. The van der Waals surface area contributed by atoms with E-state index in [1.165, 1.54) is 24.3 Å². The molecule has 2 atom stereocenters. The molecule has 9 nitrogen and oxygen atoms in total. The Morgan fingerprint density at radius 2 is 1.59 bits per heavy atom. The van der Waals surface area contributed by atoms with Gasteiger partial charge in [0.15, 0.2) is 1.41 Å². The van der Waals surface area contributed by atoms with Crippen molar-refractivity contribution in [3.63, 3.8) is 0 Å². The van der Waals surface area contributed by atoms with E-state index >= 15 is 0 Å². The monoisotopic (exact) mass is 491 g/mol. The van der Waals surface area contributed by atoms with E-state index in [1.54, 1.807) is 38.1 Å². The maximum Gasteiger partial charge on any atom is 0.326 e. The topological polar surface area (TPSA) is 153 Å². The van der Waals surface area contributed by atoms with Crippen LogP contribution in [0.4, 0.5) is 0 Å².